The van der Waals surface area contributed by atoms with Crippen LogP contribution < -0.4 is 5.32 Å². The van der Waals surface area contributed by atoms with E-state index in [1.54, 1.807) is 12.1 Å². The number of hydrogen-bond acceptors (Lipinski definition) is 3. The van der Waals surface area contributed by atoms with E-state index in [-0.39, 0.29) is 24.2 Å². The number of phenolic OH excluding ortho intramolecular Hbond substituents is 1. The number of halogens is 1. The topological polar surface area (TPSA) is 52.6 Å². The van der Waals surface area contributed by atoms with Crippen LogP contribution in [0.25, 0.3) is 0 Å². The summed E-state index contributed by atoms with van der Waals surface area (Å²) in [4.78, 5) is 14.6. The molecule has 0 aliphatic heterocycles. The highest BCUT2D eigenvalue weighted by Gasteiger charge is 2.18. The third-order valence-corrected chi connectivity index (χ3v) is 4.92. The molecular formula is C23H23ClN2O2. The lowest BCUT2D eigenvalue weighted by Gasteiger charge is -2.22. The predicted octanol–water partition coefficient (Wildman–Crippen LogP) is 4.38. The molecule has 0 bridgehead atoms. The second kappa shape index (κ2) is 9.40. The molecule has 1 amide bonds. The number of carbonyl (C=O) groups is 1. The van der Waals surface area contributed by atoms with Gasteiger partial charge in [0.2, 0.25) is 5.91 Å². The molecule has 28 heavy (non-hydrogen) atoms. The van der Waals surface area contributed by atoms with E-state index in [1.807, 2.05) is 78.7 Å². The summed E-state index contributed by atoms with van der Waals surface area (Å²) in [5, 5.41) is 13.2. The lowest BCUT2D eigenvalue weighted by atomic mass is 9.99. The normalized spacial score (nSPS) is 11.0. The van der Waals surface area contributed by atoms with Crippen molar-refractivity contribution in [3.63, 3.8) is 0 Å². The molecule has 0 radical (unpaired) electrons. The quantitative estimate of drug-likeness (QED) is 0.625. The van der Waals surface area contributed by atoms with Crippen molar-refractivity contribution in [2.24, 2.45) is 0 Å². The van der Waals surface area contributed by atoms with E-state index in [9.17, 15) is 9.90 Å². The smallest absolute Gasteiger partial charge is 0.234 e. The van der Waals surface area contributed by atoms with Crippen molar-refractivity contribution in [3.8, 4) is 5.75 Å². The minimum absolute atomic E-state index is 0.0465. The summed E-state index contributed by atoms with van der Waals surface area (Å²) in [5.74, 6) is -0.0401. The summed E-state index contributed by atoms with van der Waals surface area (Å²) in [7, 11) is 1.85. The largest absolute Gasteiger partial charge is 0.506 e. The average molecular weight is 395 g/mol. The Labute approximate surface area is 170 Å². The van der Waals surface area contributed by atoms with Crippen LogP contribution in [-0.2, 0) is 11.3 Å². The fraction of sp³-hybridized carbons (Fsp3) is 0.174. The Balaban J connectivity index is 1.69. The maximum absolute atomic E-state index is 12.7. The highest BCUT2D eigenvalue weighted by molar-refractivity contribution is 6.32. The summed E-state index contributed by atoms with van der Waals surface area (Å²) in [6.07, 6.45) is 0. The number of benzene rings is 3. The minimum atomic E-state index is -0.215. The molecule has 0 saturated heterocycles. The summed E-state index contributed by atoms with van der Waals surface area (Å²) in [5.41, 5.74) is 2.83. The second-order valence-corrected chi connectivity index (χ2v) is 7.12. The van der Waals surface area contributed by atoms with Gasteiger partial charge in [0.1, 0.15) is 5.75 Å². The van der Waals surface area contributed by atoms with Gasteiger partial charge in [0.15, 0.2) is 0 Å². The van der Waals surface area contributed by atoms with Crippen molar-refractivity contribution in [2.45, 2.75) is 12.6 Å². The fourth-order valence-electron chi connectivity index (χ4n) is 3.14. The van der Waals surface area contributed by atoms with Gasteiger partial charge in [0.05, 0.1) is 17.6 Å². The van der Waals surface area contributed by atoms with Gasteiger partial charge in [-0.05, 0) is 29.8 Å². The van der Waals surface area contributed by atoms with Crippen LogP contribution in [0.3, 0.4) is 0 Å². The number of nitrogens with one attached hydrogen (secondary N) is 1. The van der Waals surface area contributed by atoms with E-state index in [0.717, 1.165) is 16.7 Å². The van der Waals surface area contributed by atoms with Crippen LogP contribution in [-0.4, -0.2) is 29.5 Å². The Hall–Kier alpha value is -2.82. The van der Waals surface area contributed by atoms with Crippen molar-refractivity contribution in [3.05, 3.63) is 101 Å². The zero-order chi connectivity index (χ0) is 19.9. The van der Waals surface area contributed by atoms with Gasteiger partial charge in [0, 0.05) is 6.54 Å². The maximum atomic E-state index is 12.7. The Morgan fingerprint density at radius 2 is 1.54 bits per heavy atom. The molecule has 4 nitrogen and oxygen atoms in total. The van der Waals surface area contributed by atoms with E-state index in [2.05, 4.69) is 5.32 Å². The molecule has 0 atom stereocenters. The first-order chi connectivity index (χ1) is 13.5. The molecule has 0 aliphatic rings. The first-order valence-electron chi connectivity index (χ1n) is 9.08. The molecule has 5 heteroatoms. The number of amides is 1. The van der Waals surface area contributed by atoms with Crippen molar-refractivity contribution < 1.29 is 9.90 Å². The molecule has 3 aromatic rings. The number of carbonyl (C=O) groups excluding carboxylic acids is 1. The van der Waals surface area contributed by atoms with Gasteiger partial charge >= 0.3 is 0 Å². The maximum Gasteiger partial charge on any atom is 0.234 e. The van der Waals surface area contributed by atoms with Crippen molar-refractivity contribution in [1.82, 2.24) is 10.2 Å². The molecule has 0 unspecified atom stereocenters. The van der Waals surface area contributed by atoms with Crippen LogP contribution in [0.5, 0.6) is 5.75 Å². The first-order valence-corrected chi connectivity index (χ1v) is 9.46. The highest BCUT2D eigenvalue weighted by atomic mass is 35.5. The molecule has 0 aliphatic carbocycles. The van der Waals surface area contributed by atoms with Crippen LogP contribution in [0.4, 0.5) is 0 Å². The van der Waals surface area contributed by atoms with E-state index in [0.29, 0.717) is 11.6 Å². The first kappa shape index (κ1) is 19.9. The number of aromatic hydroxyl groups is 1. The van der Waals surface area contributed by atoms with Crippen LogP contribution in [0, 0.1) is 0 Å². The molecular weight excluding hydrogens is 372 g/mol. The standard InChI is InChI=1S/C23H23ClN2O2/c1-26(15-19-13-8-14-20(27)22(19)24)16-21(28)25-23(17-9-4-2-5-10-17)18-11-6-3-7-12-18/h2-14,23,27H,15-16H2,1H3,(H,25,28). The van der Waals surface area contributed by atoms with Gasteiger partial charge in [-0.1, -0.05) is 84.4 Å². The van der Waals surface area contributed by atoms with Crippen molar-refractivity contribution in [2.75, 3.05) is 13.6 Å². The fourth-order valence-corrected chi connectivity index (χ4v) is 3.32. The van der Waals surface area contributed by atoms with E-state index < -0.39 is 0 Å². The monoisotopic (exact) mass is 394 g/mol. The van der Waals surface area contributed by atoms with Crippen molar-refractivity contribution >= 4 is 17.5 Å². The summed E-state index contributed by atoms with van der Waals surface area (Å²) < 4.78 is 0. The van der Waals surface area contributed by atoms with Gasteiger partial charge in [-0.2, -0.15) is 0 Å². The minimum Gasteiger partial charge on any atom is -0.506 e. The zero-order valence-electron chi connectivity index (χ0n) is 15.7. The summed E-state index contributed by atoms with van der Waals surface area (Å²) >= 11 is 6.14. The Bertz CT molecular complexity index is 877. The SMILES string of the molecule is CN(CC(=O)NC(c1ccccc1)c1ccccc1)Cc1cccc(O)c1Cl. The molecule has 3 rings (SSSR count). The second-order valence-electron chi connectivity index (χ2n) is 6.74. The number of hydrogen-bond donors (Lipinski definition) is 2. The Kier molecular flexibility index (Phi) is 6.69. The predicted molar refractivity (Wildman–Crippen MR) is 112 cm³/mol. The summed E-state index contributed by atoms with van der Waals surface area (Å²) in [6, 6.07) is 24.7. The lowest BCUT2D eigenvalue weighted by Crippen LogP contribution is -2.37. The lowest BCUT2D eigenvalue weighted by molar-refractivity contribution is -0.122. The molecule has 0 spiro atoms. The molecule has 2 N–H and O–H groups in total. The van der Waals surface area contributed by atoms with Gasteiger partial charge in [-0.15, -0.1) is 0 Å². The van der Waals surface area contributed by atoms with E-state index in [1.165, 1.54) is 0 Å². The molecule has 0 fully saturated rings. The van der Waals surface area contributed by atoms with E-state index in [4.69, 9.17) is 11.6 Å². The van der Waals surface area contributed by atoms with Gasteiger partial charge < -0.3 is 10.4 Å². The third kappa shape index (κ3) is 5.12. The molecule has 0 saturated carbocycles. The van der Waals surface area contributed by atoms with Crippen LogP contribution in [0.2, 0.25) is 5.02 Å². The molecule has 144 valence electrons. The Morgan fingerprint density at radius 3 is 2.11 bits per heavy atom. The highest BCUT2D eigenvalue weighted by Crippen LogP contribution is 2.27. The van der Waals surface area contributed by atoms with Gasteiger partial charge in [-0.25, -0.2) is 0 Å². The molecule has 0 heterocycles. The van der Waals surface area contributed by atoms with Gasteiger partial charge in [0.25, 0.3) is 0 Å². The van der Waals surface area contributed by atoms with Crippen LogP contribution >= 0.6 is 11.6 Å². The zero-order valence-corrected chi connectivity index (χ0v) is 16.4. The summed E-state index contributed by atoms with van der Waals surface area (Å²) in [6.45, 7) is 0.671. The van der Waals surface area contributed by atoms with Gasteiger partial charge in [-0.3, -0.25) is 9.69 Å². The number of nitrogens with zero attached hydrogens (tertiary/aromatic N) is 1. The molecule has 0 aromatic heterocycles. The molecule has 3 aromatic carbocycles. The van der Waals surface area contributed by atoms with E-state index >= 15 is 0 Å². The van der Waals surface area contributed by atoms with Crippen LogP contribution in [0.15, 0.2) is 78.9 Å². The Morgan fingerprint density at radius 1 is 0.964 bits per heavy atom. The van der Waals surface area contributed by atoms with Crippen molar-refractivity contribution in [1.29, 1.82) is 0 Å². The average Bonchev–Trinajstić information content (AvgIpc) is 2.71. The van der Waals surface area contributed by atoms with Crippen LogP contribution in [0.1, 0.15) is 22.7 Å². The number of phenols is 1. The third-order valence-electron chi connectivity index (χ3n) is 4.48. The number of rotatable bonds is 7. The number of likely N-dealkylation sites (N-methyl/N-ethyl adjacent to an activating group) is 1.